The molecule has 2 aromatic carbocycles. The van der Waals surface area contributed by atoms with Crippen molar-refractivity contribution < 1.29 is 4.79 Å². The normalized spacial score (nSPS) is 11.8. The molecule has 0 unspecified atom stereocenters. The molecular weight excluding hydrogens is 316 g/mol. The average molecular weight is 336 g/mol. The second-order valence-electron chi connectivity index (χ2n) is 5.60. The number of hydrogen-bond donors (Lipinski definition) is 0. The molecule has 1 heterocycles. The summed E-state index contributed by atoms with van der Waals surface area (Å²) in [5, 5.41) is 0. The Morgan fingerprint density at radius 2 is 1.88 bits per heavy atom. The van der Waals surface area contributed by atoms with Crippen LogP contribution in [0.25, 0.3) is 10.2 Å². The number of allylic oxidation sites excluding steroid dienone is 1. The molecule has 0 atom stereocenters. The fourth-order valence-corrected chi connectivity index (χ4v) is 3.68. The van der Waals surface area contributed by atoms with E-state index in [1.165, 1.54) is 16.9 Å². The fourth-order valence-electron chi connectivity index (χ4n) is 2.63. The first-order valence-electron chi connectivity index (χ1n) is 8.06. The van der Waals surface area contributed by atoms with Crippen LogP contribution in [0.4, 0.5) is 0 Å². The van der Waals surface area contributed by atoms with Crippen LogP contribution >= 0.6 is 11.3 Å². The number of benzene rings is 2. The van der Waals surface area contributed by atoms with Gasteiger partial charge in [0.25, 0.3) is 5.91 Å². The molecule has 1 aromatic heterocycles. The topological polar surface area (TPSA) is 34.4 Å². The van der Waals surface area contributed by atoms with Gasteiger partial charge in [0.15, 0.2) is 4.80 Å². The molecular formula is C20H20N2OS. The Bertz CT molecular complexity index is 932. The van der Waals surface area contributed by atoms with Gasteiger partial charge < -0.3 is 4.57 Å². The van der Waals surface area contributed by atoms with E-state index in [-0.39, 0.29) is 5.91 Å². The molecule has 0 aliphatic heterocycles. The highest BCUT2D eigenvalue weighted by molar-refractivity contribution is 7.16. The van der Waals surface area contributed by atoms with Gasteiger partial charge in [0.2, 0.25) is 0 Å². The van der Waals surface area contributed by atoms with Crippen molar-refractivity contribution in [1.82, 2.24) is 4.57 Å². The molecule has 3 aromatic rings. The third-order valence-corrected chi connectivity index (χ3v) is 4.97. The van der Waals surface area contributed by atoms with E-state index < -0.39 is 0 Å². The average Bonchev–Trinajstić information content (AvgIpc) is 2.93. The lowest BCUT2D eigenvalue weighted by Crippen LogP contribution is -2.16. The highest BCUT2D eigenvalue weighted by atomic mass is 32.1. The molecule has 0 bridgehead atoms. The van der Waals surface area contributed by atoms with Gasteiger partial charge in [-0.25, -0.2) is 0 Å². The lowest BCUT2D eigenvalue weighted by Gasteiger charge is -2.01. The van der Waals surface area contributed by atoms with Crippen LogP contribution < -0.4 is 4.80 Å². The predicted octanol–water partition coefficient (Wildman–Crippen LogP) is 4.12. The van der Waals surface area contributed by atoms with Crippen LogP contribution in [0, 0.1) is 0 Å². The SMILES string of the molecule is C=CCn1c(=NC(=O)Cc2ccc(CC)cc2)sc2ccccc21. The molecule has 0 radical (unpaired) electrons. The number of para-hydroxylation sites is 1. The van der Waals surface area contributed by atoms with Crippen molar-refractivity contribution in [1.29, 1.82) is 0 Å². The van der Waals surface area contributed by atoms with E-state index in [1.54, 1.807) is 0 Å². The Morgan fingerprint density at radius 1 is 1.17 bits per heavy atom. The van der Waals surface area contributed by atoms with E-state index in [0.29, 0.717) is 13.0 Å². The van der Waals surface area contributed by atoms with Gasteiger partial charge in [0.05, 0.1) is 16.6 Å². The number of carbonyl (C=O) groups excluding carboxylic acids is 1. The van der Waals surface area contributed by atoms with Crippen LogP contribution in [0.1, 0.15) is 18.1 Å². The number of aryl methyl sites for hydroxylation is 1. The summed E-state index contributed by atoms with van der Waals surface area (Å²) in [5.41, 5.74) is 3.36. The summed E-state index contributed by atoms with van der Waals surface area (Å²) in [7, 11) is 0. The van der Waals surface area contributed by atoms with Crippen molar-refractivity contribution in [3.8, 4) is 0 Å². The van der Waals surface area contributed by atoms with Crippen LogP contribution in [0.5, 0.6) is 0 Å². The summed E-state index contributed by atoms with van der Waals surface area (Å²) in [6.45, 7) is 6.56. The lowest BCUT2D eigenvalue weighted by molar-refractivity contribution is -0.117. The molecule has 1 amide bonds. The standard InChI is InChI=1S/C20H20N2OS/c1-3-13-22-17-7-5-6-8-18(17)24-20(22)21-19(23)14-16-11-9-15(4-2)10-12-16/h3,5-12H,1,4,13-14H2,2H3. The highest BCUT2D eigenvalue weighted by Gasteiger charge is 2.07. The van der Waals surface area contributed by atoms with Crippen molar-refractivity contribution in [2.45, 2.75) is 26.3 Å². The minimum atomic E-state index is -0.122. The second kappa shape index (κ2) is 7.41. The number of carbonyl (C=O) groups is 1. The molecule has 4 heteroatoms. The Balaban J connectivity index is 1.91. The van der Waals surface area contributed by atoms with E-state index >= 15 is 0 Å². The number of amides is 1. The molecule has 0 aliphatic rings. The first-order valence-corrected chi connectivity index (χ1v) is 8.87. The van der Waals surface area contributed by atoms with Crippen molar-refractivity contribution >= 4 is 27.5 Å². The van der Waals surface area contributed by atoms with Crippen LogP contribution in [0.2, 0.25) is 0 Å². The number of hydrogen-bond acceptors (Lipinski definition) is 2. The van der Waals surface area contributed by atoms with Crippen molar-refractivity contribution in [2.24, 2.45) is 4.99 Å². The predicted molar refractivity (Wildman–Crippen MR) is 100 cm³/mol. The van der Waals surface area contributed by atoms with Gasteiger partial charge in [-0.3, -0.25) is 4.79 Å². The molecule has 3 nitrogen and oxygen atoms in total. The largest absolute Gasteiger partial charge is 0.313 e. The van der Waals surface area contributed by atoms with Crippen molar-refractivity contribution in [3.05, 3.63) is 77.1 Å². The smallest absolute Gasteiger partial charge is 0.252 e. The zero-order chi connectivity index (χ0) is 16.9. The summed E-state index contributed by atoms with van der Waals surface area (Å²) in [5.74, 6) is -0.122. The maximum Gasteiger partial charge on any atom is 0.252 e. The van der Waals surface area contributed by atoms with Gasteiger partial charge in [-0.2, -0.15) is 4.99 Å². The minimum absolute atomic E-state index is 0.122. The van der Waals surface area contributed by atoms with Gasteiger partial charge in [-0.1, -0.05) is 60.7 Å². The molecule has 0 aliphatic carbocycles. The monoisotopic (exact) mass is 336 g/mol. The molecule has 0 N–H and O–H groups in total. The molecule has 0 saturated heterocycles. The summed E-state index contributed by atoms with van der Waals surface area (Å²) >= 11 is 1.54. The summed E-state index contributed by atoms with van der Waals surface area (Å²) in [6.07, 6.45) is 3.15. The number of thiazole rings is 1. The van der Waals surface area contributed by atoms with Crippen LogP contribution in [0.15, 0.2) is 66.2 Å². The molecule has 24 heavy (non-hydrogen) atoms. The minimum Gasteiger partial charge on any atom is -0.313 e. The van der Waals surface area contributed by atoms with E-state index in [2.05, 4.69) is 30.6 Å². The van der Waals surface area contributed by atoms with Gasteiger partial charge in [0, 0.05) is 6.54 Å². The number of aromatic nitrogens is 1. The first-order chi connectivity index (χ1) is 11.7. The molecule has 0 fully saturated rings. The van der Waals surface area contributed by atoms with E-state index in [1.807, 2.05) is 47.0 Å². The number of rotatable bonds is 5. The van der Waals surface area contributed by atoms with E-state index in [0.717, 1.165) is 27.0 Å². The molecule has 122 valence electrons. The van der Waals surface area contributed by atoms with Gasteiger partial charge in [-0.05, 0) is 29.7 Å². The highest BCUT2D eigenvalue weighted by Crippen LogP contribution is 2.16. The van der Waals surface area contributed by atoms with E-state index in [4.69, 9.17) is 0 Å². The van der Waals surface area contributed by atoms with Gasteiger partial charge >= 0.3 is 0 Å². The molecule has 3 rings (SSSR count). The first kappa shape index (κ1) is 16.4. The van der Waals surface area contributed by atoms with Crippen LogP contribution in [-0.4, -0.2) is 10.5 Å². The quantitative estimate of drug-likeness (QED) is 0.645. The van der Waals surface area contributed by atoms with Crippen molar-refractivity contribution in [2.75, 3.05) is 0 Å². The van der Waals surface area contributed by atoms with E-state index in [9.17, 15) is 4.79 Å². The lowest BCUT2D eigenvalue weighted by atomic mass is 10.1. The summed E-state index contributed by atoms with van der Waals surface area (Å²) < 4.78 is 3.16. The van der Waals surface area contributed by atoms with Gasteiger partial charge in [-0.15, -0.1) is 6.58 Å². The Morgan fingerprint density at radius 3 is 2.58 bits per heavy atom. The van der Waals surface area contributed by atoms with Gasteiger partial charge in [0.1, 0.15) is 0 Å². The Kier molecular flexibility index (Phi) is 5.06. The zero-order valence-corrected chi connectivity index (χ0v) is 14.6. The van der Waals surface area contributed by atoms with Crippen molar-refractivity contribution in [3.63, 3.8) is 0 Å². The number of nitrogens with zero attached hydrogens (tertiary/aromatic N) is 2. The third-order valence-electron chi connectivity index (χ3n) is 3.91. The van der Waals surface area contributed by atoms with Crippen LogP contribution in [0.3, 0.4) is 0 Å². The Labute approximate surface area is 145 Å². The summed E-state index contributed by atoms with van der Waals surface area (Å²) in [6, 6.07) is 16.2. The Hall–Kier alpha value is -2.46. The third kappa shape index (κ3) is 3.54. The molecule has 0 saturated carbocycles. The summed E-state index contributed by atoms with van der Waals surface area (Å²) in [4.78, 5) is 17.4. The number of fused-ring (bicyclic) bond motifs is 1. The second-order valence-corrected chi connectivity index (χ2v) is 6.61. The maximum atomic E-state index is 12.4. The molecule has 0 spiro atoms. The van der Waals surface area contributed by atoms with Crippen LogP contribution in [-0.2, 0) is 24.2 Å². The fraction of sp³-hybridized carbons (Fsp3) is 0.200. The maximum absolute atomic E-state index is 12.4. The zero-order valence-electron chi connectivity index (χ0n) is 13.7.